The standard InChI is InChI=1S/C12H25NO2/c1-12(13,10-14)8-4-5-9-15-11-6-2-3-7-11/h11,14H,2-10,13H2,1H3. The molecule has 1 aliphatic carbocycles. The fraction of sp³-hybridized carbons (Fsp3) is 1.00. The molecule has 1 unspecified atom stereocenters. The second-order valence-corrected chi connectivity index (χ2v) is 5.05. The maximum absolute atomic E-state index is 8.97. The van der Waals surface area contributed by atoms with Gasteiger partial charge in [0, 0.05) is 12.1 Å². The first-order valence-corrected chi connectivity index (χ1v) is 6.15. The number of aliphatic hydroxyl groups excluding tert-OH is 1. The van der Waals surface area contributed by atoms with Crippen molar-refractivity contribution in [2.45, 2.75) is 63.5 Å². The molecule has 3 heteroatoms. The molecular formula is C12H25NO2. The van der Waals surface area contributed by atoms with Crippen LogP contribution in [0.5, 0.6) is 0 Å². The quantitative estimate of drug-likeness (QED) is 0.637. The highest BCUT2D eigenvalue weighted by molar-refractivity contribution is 4.76. The molecule has 0 radical (unpaired) electrons. The van der Waals surface area contributed by atoms with Gasteiger partial charge in [-0.2, -0.15) is 0 Å². The summed E-state index contributed by atoms with van der Waals surface area (Å²) in [5.74, 6) is 0. The number of hydrogen-bond donors (Lipinski definition) is 2. The van der Waals surface area contributed by atoms with Gasteiger partial charge in [0.05, 0.1) is 12.7 Å². The molecule has 0 amide bonds. The fourth-order valence-corrected chi connectivity index (χ4v) is 2.01. The Kier molecular flexibility index (Phi) is 5.58. The van der Waals surface area contributed by atoms with Crippen molar-refractivity contribution in [1.82, 2.24) is 0 Å². The van der Waals surface area contributed by atoms with Gasteiger partial charge in [-0.1, -0.05) is 12.8 Å². The minimum Gasteiger partial charge on any atom is -0.394 e. The van der Waals surface area contributed by atoms with Gasteiger partial charge in [0.15, 0.2) is 0 Å². The lowest BCUT2D eigenvalue weighted by molar-refractivity contribution is 0.0544. The zero-order valence-corrected chi connectivity index (χ0v) is 9.87. The van der Waals surface area contributed by atoms with Crippen LogP contribution in [0.15, 0.2) is 0 Å². The van der Waals surface area contributed by atoms with E-state index < -0.39 is 5.54 Å². The van der Waals surface area contributed by atoms with Gasteiger partial charge >= 0.3 is 0 Å². The maximum atomic E-state index is 8.97. The van der Waals surface area contributed by atoms with E-state index in [1.165, 1.54) is 25.7 Å². The highest BCUT2D eigenvalue weighted by Crippen LogP contribution is 2.21. The molecule has 15 heavy (non-hydrogen) atoms. The van der Waals surface area contributed by atoms with Crippen LogP contribution in [0.3, 0.4) is 0 Å². The lowest BCUT2D eigenvalue weighted by Crippen LogP contribution is -2.39. The molecule has 0 bridgehead atoms. The van der Waals surface area contributed by atoms with Crippen molar-refractivity contribution in [1.29, 1.82) is 0 Å². The van der Waals surface area contributed by atoms with Crippen molar-refractivity contribution >= 4 is 0 Å². The summed E-state index contributed by atoms with van der Waals surface area (Å²) in [6, 6.07) is 0. The Morgan fingerprint density at radius 1 is 1.33 bits per heavy atom. The second-order valence-electron chi connectivity index (χ2n) is 5.05. The summed E-state index contributed by atoms with van der Waals surface area (Å²) < 4.78 is 5.75. The summed E-state index contributed by atoms with van der Waals surface area (Å²) in [5.41, 5.74) is 5.42. The van der Waals surface area contributed by atoms with Crippen molar-refractivity contribution in [2.24, 2.45) is 5.73 Å². The Hall–Kier alpha value is -0.120. The summed E-state index contributed by atoms with van der Waals surface area (Å²) >= 11 is 0. The first-order chi connectivity index (χ1) is 7.14. The van der Waals surface area contributed by atoms with Crippen LogP contribution in [-0.4, -0.2) is 30.0 Å². The van der Waals surface area contributed by atoms with E-state index in [-0.39, 0.29) is 6.61 Å². The van der Waals surface area contributed by atoms with Crippen LogP contribution in [0.4, 0.5) is 0 Å². The minimum absolute atomic E-state index is 0.0660. The maximum Gasteiger partial charge on any atom is 0.0608 e. The summed E-state index contributed by atoms with van der Waals surface area (Å²) in [7, 11) is 0. The van der Waals surface area contributed by atoms with Gasteiger partial charge in [-0.3, -0.25) is 0 Å². The first-order valence-electron chi connectivity index (χ1n) is 6.15. The molecule has 1 saturated carbocycles. The van der Waals surface area contributed by atoms with Crippen LogP contribution in [0, 0.1) is 0 Å². The predicted molar refractivity (Wildman–Crippen MR) is 61.7 cm³/mol. The molecule has 3 N–H and O–H groups in total. The Morgan fingerprint density at radius 2 is 2.00 bits per heavy atom. The average Bonchev–Trinajstić information content (AvgIpc) is 2.70. The van der Waals surface area contributed by atoms with E-state index in [0.717, 1.165) is 25.9 Å². The van der Waals surface area contributed by atoms with Gasteiger partial charge in [-0.05, 0) is 39.0 Å². The molecule has 0 saturated heterocycles. The van der Waals surface area contributed by atoms with Crippen molar-refractivity contribution in [3.8, 4) is 0 Å². The zero-order valence-electron chi connectivity index (χ0n) is 9.87. The minimum atomic E-state index is -0.409. The molecule has 0 aliphatic heterocycles. The molecule has 1 rings (SSSR count). The Morgan fingerprint density at radius 3 is 2.60 bits per heavy atom. The van der Waals surface area contributed by atoms with Gasteiger partial charge in [-0.15, -0.1) is 0 Å². The molecule has 0 aromatic carbocycles. The molecule has 90 valence electrons. The fourth-order valence-electron chi connectivity index (χ4n) is 2.01. The van der Waals surface area contributed by atoms with E-state index in [9.17, 15) is 0 Å². The van der Waals surface area contributed by atoms with E-state index in [4.69, 9.17) is 15.6 Å². The van der Waals surface area contributed by atoms with Crippen LogP contribution in [0.25, 0.3) is 0 Å². The summed E-state index contributed by atoms with van der Waals surface area (Å²) in [6.07, 6.45) is 8.64. The third-order valence-corrected chi connectivity index (χ3v) is 3.16. The lowest BCUT2D eigenvalue weighted by Gasteiger charge is -2.21. The molecule has 0 aromatic heterocycles. The van der Waals surface area contributed by atoms with Crippen molar-refractivity contribution < 1.29 is 9.84 Å². The monoisotopic (exact) mass is 215 g/mol. The predicted octanol–water partition coefficient (Wildman–Crippen LogP) is 1.83. The first kappa shape index (κ1) is 12.9. The van der Waals surface area contributed by atoms with Gasteiger partial charge in [-0.25, -0.2) is 0 Å². The molecule has 3 nitrogen and oxygen atoms in total. The Balaban J connectivity index is 1.92. The van der Waals surface area contributed by atoms with Crippen molar-refractivity contribution in [3.63, 3.8) is 0 Å². The number of hydrogen-bond acceptors (Lipinski definition) is 3. The van der Waals surface area contributed by atoms with E-state index in [1.54, 1.807) is 0 Å². The van der Waals surface area contributed by atoms with Crippen molar-refractivity contribution in [3.05, 3.63) is 0 Å². The summed E-state index contributed by atoms with van der Waals surface area (Å²) in [5, 5.41) is 8.97. The zero-order chi connectivity index (χ0) is 11.1. The second kappa shape index (κ2) is 6.46. The highest BCUT2D eigenvalue weighted by Gasteiger charge is 2.17. The van der Waals surface area contributed by atoms with Crippen LogP contribution in [0.2, 0.25) is 0 Å². The summed E-state index contributed by atoms with van der Waals surface area (Å²) in [6.45, 7) is 2.81. The third kappa shape index (κ3) is 5.50. The molecule has 1 fully saturated rings. The molecule has 0 aromatic rings. The van der Waals surface area contributed by atoms with E-state index >= 15 is 0 Å². The largest absolute Gasteiger partial charge is 0.394 e. The number of ether oxygens (including phenoxy) is 1. The number of aliphatic hydroxyl groups is 1. The van der Waals surface area contributed by atoms with Gasteiger partial charge < -0.3 is 15.6 Å². The van der Waals surface area contributed by atoms with Gasteiger partial charge in [0.1, 0.15) is 0 Å². The van der Waals surface area contributed by atoms with Crippen LogP contribution >= 0.6 is 0 Å². The lowest BCUT2D eigenvalue weighted by atomic mass is 9.97. The van der Waals surface area contributed by atoms with Crippen molar-refractivity contribution in [2.75, 3.05) is 13.2 Å². The molecule has 0 heterocycles. The smallest absolute Gasteiger partial charge is 0.0608 e. The van der Waals surface area contributed by atoms with Crippen LogP contribution < -0.4 is 5.73 Å². The molecule has 1 aliphatic rings. The number of nitrogens with two attached hydrogens (primary N) is 1. The summed E-state index contributed by atoms with van der Waals surface area (Å²) in [4.78, 5) is 0. The Bertz CT molecular complexity index is 165. The highest BCUT2D eigenvalue weighted by atomic mass is 16.5. The van der Waals surface area contributed by atoms with E-state index in [2.05, 4.69) is 0 Å². The third-order valence-electron chi connectivity index (χ3n) is 3.16. The topological polar surface area (TPSA) is 55.5 Å². The number of unbranched alkanes of at least 4 members (excludes halogenated alkanes) is 1. The van der Waals surface area contributed by atoms with Crippen LogP contribution in [0.1, 0.15) is 51.9 Å². The molecular weight excluding hydrogens is 190 g/mol. The van der Waals surface area contributed by atoms with Gasteiger partial charge in [0.2, 0.25) is 0 Å². The van der Waals surface area contributed by atoms with E-state index in [1.807, 2.05) is 6.92 Å². The normalized spacial score (nSPS) is 21.8. The molecule has 0 spiro atoms. The van der Waals surface area contributed by atoms with Crippen LogP contribution in [-0.2, 0) is 4.74 Å². The van der Waals surface area contributed by atoms with E-state index in [0.29, 0.717) is 6.10 Å². The van der Waals surface area contributed by atoms with Gasteiger partial charge in [0.25, 0.3) is 0 Å². The average molecular weight is 215 g/mol. The Labute approximate surface area is 93.0 Å². The SMILES string of the molecule is CC(N)(CO)CCCCOC1CCCC1. The molecule has 1 atom stereocenters. The number of rotatable bonds is 7.